The number of nitriles is 1. The maximum atomic E-state index is 13.3. The van der Waals surface area contributed by atoms with E-state index in [1.807, 2.05) is 6.07 Å². The number of methoxy groups -OCH3 is 1. The van der Waals surface area contributed by atoms with Crippen LogP contribution >= 0.6 is 23.2 Å². The zero-order chi connectivity index (χ0) is 30.8. The lowest BCUT2D eigenvalue weighted by molar-refractivity contribution is -0.130. The topological polar surface area (TPSA) is 134 Å². The van der Waals surface area contributed by atoms with Crippen molar-refractivity contribution >= 4 is 46.3 Å². The van der Waals surface area contributed by atoms with Crippen molar-refractivity contribution in [2.45, 2.75) is 6.54 Å². The molecule has 0 aliphatic carbocycles. The van der Waals surface area contributed by atoms with Crippen molar-refractivity contribution in [3.05, 3.63) is 84.0 Å². The first kappa shape index (κ1) is 29.9. The fourth-order valence-electron chi connectivity index (χ4n) is 4.67. The van der Waals surface area contributed by atoms with E-state index in [0.717, 1.165) is 4.57 Å². The van der Waals surface area contributed by atoms with Crippen LogP contribution in [0.25, 0.3) is 17.2 Å². The summed E-state index contributed by atoms with van der Waals surface area (Å²) in [4.78, 5) is 44.8. The monoisotopic (exact) mass is 624 g/mol. The standard InChI is InChI=1S/C29H26Cl2N6O6/c1-34-25-24(27(39)35(2)29(34)40)37(16-18-5-6-20(30)14-21(18)31)28(33-25)43-22-7-4-17(13-23(22)41-3)12-19(15-32)26(38)36-8-10-42-11-9-36/h4-7,12-14H,8-11,16H2,1-3H3/b19-12-. The van der Waals surface area contributed by atoms with E-state index < -0.39 is 11.2 Å². The molecule has 3 heterocycles. The van der Waals surface area contributed by atoms with Crippen LogP contribution in [0.2, 0.25) is 10.0 Å². The molecule has 1 aliphatic rings. The molecule has 0 unspecified atom stereocenters. The highest BCUT2D eigenvalue weighted by atomic mass is 35.5. The molecule has 1 saturated heterocycles. The molecular weight excluding hydrogens is 599 g/mol. The first-order valence-corrected chi connectivity index (χ1v) is 13.8. The quantitative estimate of drug-likeness (QED) is 0.226. The molecule has 222 valence electrons. The van der Waals surface area contributed by atoms with Gasteiger partial charge in [-0.15, -0.1) is 0 Å². The fourth-order valence-corrected chi connectivity index (χ4v) is 5.14. The Labute approximate surface area is 255 Å². The summed E-state index contributed by atoms with van der Waals surface area (Å²) in [5.74, 6) is 0.125. The van der Waals surface area contributed by atoms with Crippen molar-refractivity contribution in [2.75, 3.05) is 33.4 Å². The molecule has 12 nitrogen and oxygen atoms in total. The van der Waals surface area contributed by atoms with Gasteiger partial charge in [-0.2, -0.15) is 10.2 Å². The first-order valence-electron chi connectivity index (χ1n) is 13.1. The number of aromatic nitrogens is 4. The molecule has 0 radical (unpaired) electrons. The van der Waals surface area contributed by atoms with Crippen molar-refractivity contribution in [2.24, 2.45) is 14.1 Å². The Morgan fingerprint density at radius 3 is 2.51 bits per heavy atom. The van der Waals surface area contributed by atoms with Gasteiger partial charge in [0.05, 0.1) is 26.9 Å². The zero-order valence-electron chi connectivity index (χ0n) is 23.5. The number of halogens is 2. The average molecular weight is 625 g/mol. The van der Waals surface area contributed by atoms with E-state index in [9.17, 15) is 19.6 Å². The Kier molecular flexibility index (Phi) is 8.59. The number of fused-ring (bicyclic) bond motifs is 1. The molecule has 0 atom stereocenters. The summed E-state index contributed by atoms with van der Waals surface area (Å²) in [6.45, 7) is 1.72. The van der Waals surface area contributed by atoms with Gasteiger partial charge in [0.2, 0.25) is 0 Å². The molecule has 14 heteroatoms. The van der Waals surface area contributed by atoms with Crippen LogP contribution in [-0.4, -0.2) is 62.9 Å². The van der Waals surface area contributed by atoms with E-state index in [4.69, 9.17) is 37.4 Å². The third-order valence-electron chi connectivity index (χ3n) is 7.01. The summed E-state index contributed by atoms with van der Waals surface area (Å²) in [6.07, 6.45) is 1.47. The molecule has 0 saturated carbocycles. The Morgan fingerprint density at radius 1 is 1.09 bits per heavy atom. The molecule has 2 aromatic carbocycles. The van der Waals surface area contributed by atoms with Crippen LogP contribution in [0.5, 0.6) is 17.5 Å². The maximum absolute atomic E-state index is 13.3. The van der Waals surface area contributed by atoms with Crippen molar-refractivity contribution in [3.63, 3.8) is 0 Å². The molecule has 1 aliphatic heterocycles. The van der Waals surface area contributed by atoms with Gasteiger partial charge in [-0.25, -0.2) is 4.79 Å². The first-order chi connectivity index (χ1) is 20.6. The number of hydrogen-bond donors (Lipinski definition) is 0. The molecule has 0 N–H and O–H groups in total. The van der Waals surface area contributed by atoms with Gasteiger partial charge >= 0.3 is 11.7 Å². The van der Waals surface area contributed by atoms with E-state index >= 15 is 0 Å². The van der Waals surface area contributed by atoms with Crippen molar-refractivity contribution < 1.29 is 19.0 Å². The van der Waals surface area contributed by atoms with Crippen LogP contribution in [0.1, 0.15) is 11.1 Å². The van der Waals surface area contributed by atoms with Gasteiger partial charge in [0.25, 0.3) is 11.5 Å². The third-order valence-corrected chi connectivity index (χ3v) is 7.59. The van der Waals surface area contributed by atoms with E-state index in [-0.39, 0.29) is 46.7 Å². The predicted octanol–water partition coefficient (Wildman–Crippen LogP) is 3.36. The predicted molar refractivity (Wildman–Crippen MR) is 160 cm³/mol. The minimum absolute atomic E-state index is 0.00104. The second-order valence-corrected chi connectivity index (χ2v) is 10.5. The minimum atomic E-state index is -0.563. The molecule has 5 rings (SSSR count). The lowest BCUT2D eigenvalue weighted by Crippen LogP contribution is -2.41. The number of morpholine rings is 1. The number of rotatable bonds is 7. The third kappa shape index (κ3) is 5.87. The summed E-state index contributed by atoms with van der Waals surface area (Å²) in [5, 5.41) is 10.5. The van der Waals surface area contributed by atoms with Gasteiger partial charge in [-0.1, -0.05) is 35.3 Å². The van der Waals surface area contributed by atoms with Crippen LogP contribution < -0.4 is 20.7 Å². The summed E-state index contributed by atoms with van der Waals surface area (Å²) in [7, 11) is 4.33. The van der Waals surface area contributed by atoms with Gasteiger partial charge in [0.15, 0.2) is 22.7 Å². The SMILES string of the molecule is COc1cc(/C=C(/C#N)C(=O)N2CCOCC2)ccc1Oc1nc2c(c(=O)n(C)c(=O)n2C)n1Cc1ccc(Cl)cc1Cl. The average Bonchev–Trinajstić information content (AvgIpc) is 3.37. The summed E-state index contributed by atoms with van der Waals surface area (Å²) >= 11 is 12.5. The lowest BCUT2D eigenvalue weighted by atomic mass is 10.1. The number of benzene rings is 2. The van der Waals surface area contributed by atoms with Gasteiger partial charge in [-0.05, 0) is 41.5 Å². The zero-order valence-corrected chi connectivity index (χ0v) is 25.0. The Morgan fingerprint density at radius 2 is 1.84 bits per heavy atom. The van der Waals surface area contributed by atoms with Gasteiger partial charge < -0.3 is 19.1 Å². The van der Waals surface area contributed by atoms with Crippen LogP contribution in [0, 0.1) is 11.3 Å². The molecule has 0 spiro atoms. The Balaban J connectivity index is 1.56. The van der Waals surface area contributed by atoms with Crippen LogP contribution in [0.15, 0.2) is 51.6 Å². The van der Waals surface area contributed by atoms with Crippen molar-refractivity contribution in [3.8, 4) is 23.6 Å². The smallest absolute Gasteiger partial charge is 0.332 e. The van der Waals surface area contributed by atoms with E-state index in [1.54, 1.807) is 41.3 Å². The number of hydrogen-bond acceptors (Lipinski definition) is 8. The molecule has 2 aromatic heterocycles. The highest BCUT2D eigenvalue weighted by molar-refractivity contribution is 6.35. The van der Waals surface area contributed by atoms with E-state index in [1.165, 1.54) is 36.4 Å². The lowest BCUT2D eigenvalue weighted by Gasteiger charge is -2.26. The normalized spacial score (nSPS) is 13.7. The molecule has 4 aromatic rings. The second kappa shape index (κ2) is 12.3. The fraction of sp³-hybridized carbons (Fsp3) is 0.276. The van der Waals surface area contributed by atoms with Gasteiger partial charge in [0.1, 0.15) is 11.6 Å². The second-order valence-electron chi connectivity index (χ2n) is 9.68. The van der Waals surface area contributed by atoms with E-state index in [2.05, 4.69) is 4.98 Å². The minimum Gasteiger partial charge on any atom is -0.493 e. The number of carbonyl (C=O) groups is 1. The number of amides is 1. The van der Waals surface area contributed by atoms with Crippen molar-refractivity contribution in [1.82, 2.24) is 23.6 Å². The van der Waals surface area contributed by atoms with Gasteiger partial charge in [0, 0.05) is 37.2 Å². The van der Waals surface area contributed by atoms with Crippen LogP contribution in [0.4, 0.5) is 0 Å². The molecule has 1 fully saturated rings. The number of ether oxygens (including phenoxy) is 3. The highest BCUT2D eigenvalue weighted by Gasteiger charge is 2.24. The van der Waals surface area contributed by atoms with Crippen molar-refractivity contribution in [1.29, 1.82) is 5.26 Å². The Bertz CT molecular complexity index is 1930. The number of imidazole rings is 1. The molecule has 0 bridgehead atoms. The Hall–Kier alpha value is -4.57. The highest BCUT2D eigenvalue weighted by Crippen LogP contribution is 2.34. The molecular formula is C29H26Cl2N6O6. The number of carbonyl (C=O) groups excluding carboxylic acids is 1. The summed E-state index contributed by atoms with van der Waals surface area (Å²) in [5.41, 5.74) is 0.263. The van der Waals surface area contributed by atoms with Crippen LogP contribution in [0.3, 0.4) is 0 Å². The van der Waals surface area contributed by atoms with E-state index in [0.29, 0.717) is 47.5 Å². The maximum Gasteiger partial charge on any atom is 0.332 e. The van der Waals surface area contributed by atoms with Crippen LogP contribution in [-0.2, 0) is 30.2 Å². The summed E-state index contributed by atoms with van der Waals surface area (Å²) < 4.78 is 20.8. The summed E-state index contributed by atoms with van der Waals surface area (Å²) in [6, 6.07) is 11.8. The largest absolute Gasteiger partial charge is 0.493 e. The molecule has 43 heavy (non-hydrogen) atoms. The van der Waals surface area contributed by atoms with Gasteiger partial charge in [-0.3, -0.25) is 23.3 Å². The number of nitrogens with zero attached hydrogens (tertiary/aromatic N) is 6. The number of aryl methyl sites for hydroxylation is 1. The molecule has 1 amide bonds.